The molecule has 2 aromatic rings. The number of carbonyl (C=O) groups is 2. The number of piperidine rings is 1. The summed E-state index contributed by atoms with van der Waals surface area (Å²) in [7, 11) is 1.42. The standard InChI is InChI=1S/C30H41N3O5/c1-36-27(34)14-11-21-9-3-4-10-22(21)19-23-25-12-13-26(38-25)28(23)30-32-24(20-37-30)29(35)31-15-5-8-18-33-16-6-2-7-17-33/h3-4,9-10,20,23,25-26,28H,2,5-8,11-19H2,1H3,(H,31,35)/t23-,25-,26+,28-/m0/s1. The van der Waals surface area contributed by atoms with Crippen LogP contribution in [0.2, 0.25) is 0 Å². The SMILES string of the molecule is COC(=O)CCc1ccccc1C[C@@H]1[C@H](c2nc(C(=O)NCCCCN3CCCCC3)co2)[C@H]2CC[C@@H]1O2. The van der Waals surface area contributed by atoms with Crippen molar-refractivity contribution in [1.29, 1.82) is 0 Å². The summed E-state index contributed by atoms with van der Waals surface area (Å²) in [5.74, 6) is 0.468. The van der Waals surface area contributed by atoms with E-state index in [0.717, 1.165) is 44.2 Å². The van der Waals surface area contributed by atoms with E-state index >= 15 is 0 Å². The van der Waals surface area contributed by atoms with Gasteiger partial charge in [-0.2, -0.15) is 0 Å². The Labute approximate surface area is 225 Å². The second kappa shape index (κ2) is 12.9. The van der Waals surface area contributed by atoms with Crippen LogP contribution in [-0.2, 0) is 27.1 Å². The predicted octanol–water partition coefficient (Wildman–Crippen LogP) is 4.28. The second-order valence-electron chi connectivity index (χ2n) is 11.0. The minimum Gasteiger partial charge on any atom is -0.469 e. The molecule has 5 rings (SSSR count). The van der Waals surface area contributed by atoms with E-state index in [1.165, 1.54) is 51.3 Å². The Hall–Kier alpha value is -2.71. The van der Waals surface area contributed by atoms with Crippen molar-refractivity contribution in [2.45, 2.75) is 82.3 Å². The molecule has 0 spiro atoms. The van der Waals surface area contributed by atoms with E-state index < -0.39 is 0 Å². The van der Waals surface area contributed by atoms with Crippen LogP contribution in [0.15, 0.2) is 34.9 Å². The first kappa shape index (κ1) is 26.9. The number of hydrogen-bond donors (Lipinski definition) is 1. The molecule has 1 amide bonds. The molecule has 0 unspecified atom stereocenters. The van der Waals surface area contributed by atoms with Crippen molar-refractivity contribution in [3.63, 3.8) is 0 Å². The summed E-state index contributed by atoms with van der Waals surface area (Å²) in [4.78, 5) is 31.6. The highest BCUT2D eigenvalue weighted by atomic mass is 16.5. The molecule has 3 saturated heterocycles. The van der Waals surface area contributed by atoms with Crippen LogP contribution in [0.1, 0.15) is 84.8 Å². The van der Waals surface area contributed by atoms with Crippen molar-refractivity contribution >= 4 is 11.9 Å². The number of unbranched alkanes of at least 4 members (excludes halogenated alkanes) is 1. The lowest BCUT2D eigenvalue weighted by atomic mass is 9.75. The van der Waals surface area contributed by atoms with E-state index in [1.54, 1.807) is 0 Å². The Bertz CT molecular complexity index is 1080. The first-order valence-corrected chi connectivity index (χ1v) is 14.4. The number of amides is 1. The van der Waals surface area contributed by atoms with Crippen molar-refractivity contribution in [1.82, 2.24) is 15.2 Å². The molecular formula is C30H41N3O5. The monoisotopic (exact) mass is 523 g/mol. The van der Waals surface area contributed by atoms with Crippen molar-refractivity contribution in [3.8, 4) is 0 Å². The molecule has 1 aromatic heterocycles. The predicted molar refractivity (Wildman–Crippen MR) is 143 cm³/mol. The number of benzene rings is 1. The van der Waals surface area contributed by atoms with Gasteiger partial charge in [-0.3, -0.25) is 9.59 Å². The number of likely N-dealkylation sites (tertiary alicyclic amines) is 1. The first-order valence-electron chi connectivity index (χ1n) is 14.4. The van der Waals surface area contributed by atoms with Gasteiger partial charge in [0.05, 0.1) is 25.2 Å². The molecule has 0 saturated carbocycles. The van der Waals surface area contributed by atoms with Gasteiger partial charge in [-0.1, -0.05) is 30.7 Å². The van der Waals surface area contributed by atoms with Gasteiger partial charge in [0, 0.05) is 18.9 Å². The number of aromatic nitrogens is 1. The number of esters is 1. The number of aryl methyl sites for hydroxylation is 1. The Morgan fingerprint density at radius 1 is 1.08 bits per heavy atom. The van der Waals surface area contributed by atoms with Crippen LogP contribution < -0.4 is 5.32 Å². The van der Waals surface area contributed by atoms with Crippen molar-refractivity contribution in [2.75, 3.05) is 33.3 Å². The van der Waals surface area contributed by atoms with E-state index in [1.807, 2.05) is 12.1 Å². The number of oxazole rings is 1. The molecule has 3 fully saturated rings. The molecule has 2 bridgehead atoms. The smallest absolute Gasteiger partial charge is 0.305 e. The van der Waals surface area contributed by atoms with Crippen LogP contribution in [0, 0.1) is 5.92 Å². The maximum atomic E-state index is 12.8. The molecule has 38 heavy (non-hydrogen) atoms. The van der Waals surface area contributed by atoms with Gasteiger partial charge in [0.25, 0.3) is 5.91 Å². The van der Waals surface area contributed by atoms with Gasteiger partial charge in [0.2, 0.25) is 5.89 Å². The van der Waals surface area contributed by atoms with Crippen LogP contribution in [-0.4, -0.2) is 67.3 Å². The average Bonchev–Trinajstić information content (AvgIpc) is 3.70. The molecule has 3 aliphatic heterocycles. The van der Waals surface area contributed by atoms with Crippen molar-refractivity contribution < 1.29 is 23.5 Å². The number of nitrogens with zero attached hydrogens (tertiary/aromatic N) is 2. The highest BCUT2D eigenvalue weighted by Crippen LogP contribution is 2.50. The molecule has 0 radical (unpaired) electrons. The highest BCUT2D eigenvalue weighted by Gasteiger charge is 2.51. The fraction of sp³-hybridized carbons (Fsp3) is 0.633. The fourth-order valence-electron chi connectivity index (χ4n) is 6.45. The lowest BCUT2D eigenvalue weighted by molar-refractivity contribution is -0.140. The van der Waals surface area contributed by atoms with E-state index in [2.05, 4.69) is 27.3 Å². The number of fused-ring (bicyclic) bond motifs is 2. The van der Waals surface area contributed by atoms with Gasteiger partial charge in [0.15, 0.2) is 5.69 Å². The molecule has 4 heterocycles. The Morgan fingerprint density at radius 2 is 1.87 bits per heavy atom. The quantitative estimate of drug-likeness (QED) is 0.328. The summed E-state index contributed by atoms with van der Waals surface area (Å²) in [6, 6.07) is 8.27. The van der Waals surface area contributed by atoms with Gasteiger partial charge in [0.1, 0.15) is 6.26 Å². The van der Waals surface area contributed by atoms with Crippen molar-refractivity contribution in [3.05, 3.63) is 53.2 Å². The van der Waals surface area contributed by atoms with Crippen LogP contribution in [0.3, 0.4) is 0 Å². The molecule has 8 nitrogen and oxygen atoms in total. The zero-order valence-electron chi connectivity index (χ0n) is 22.5. The van der Waals surface area contributed by atoms with Gasteiger partial charge in [-0.05, 0) is 82.1 Å². The average molecular weight is 524 g/mol. The van der Waals surface area contributed by atoms with E-state index in [4.69, 9.17) is 13.9 Å². The summed E-state index contributed by atoms with van der Waals surface area (Å²) < 4.78 is 17.0. The third-order valence-electron chi connectivity index (χ3n) is 8.50. The minimum atomic E-state index is -0.200. The number of ether oxygens (including phenoxy) is 2. The molecule has 0 aliphatic carbocycles. The van der Waals surface area contributed by atoms with E-state index in [0.29, 0.717) is 31.0 Å². The summed E-state index contributed by atoms with van der Waals surface area (Å²) in [5.41, 5.74) is 2.72. The number of methoxy groups -OCH3 is 1. The lowest BCUT2D eigenvalue weighted by Crippen LogP contribution is -2.31. The highest BCUT2D eigenvalue weighted by molar-refractivity contribution is 5.91. The van der Waals surface area contributed by atoms with Gasteiger partial charge >= 0.3 is 5.97 Å². The molecule has 3 aliphatic rings. The molecule has 4 atom stereocenters. The molecular weight excluding hydrogens is 482 g/mol. The number of rotatable bonds is 12. The Morgan fingerprint density at radius 3 is 2.68 bits per heavy atom. The zero-order valence-corrected chi connectivity index (χ0v) is 22.5. The molecule has 1 N–H and O–H groups in total. The zero-order chi connectivity index (χ0) is 26.3. The third-order valence-corrected chi connectivity index (χ3v) is 8.50. The maximum absolute atomic E-state index is 12.8. The third kappa shape index (κ3) is 6.46. The number of nitrogens with one attached hydrogen (secondary N) is 1. The van der Waals surface area contributed by atoms with Crippen LogP contribution in [0.5, 0.6) is 0 Å². The summed E-state index contributed by atoms with van der Waals surface area (Å²) in [6.45, 7) is 4.18. The molecule has 1 aromatic carbocycles. The summed E-state index contributed by atoms with van der Waals surface area (Å²) >= 11 is 0. The summed E-state index contributed by atoms with van der Waals surface area (Å²) in [6.07, 6.45) is 11.6. The van der Waals surface area contributed by atoms with Gasteiger partial charge in [-0.25, -0.2) is 4.98 Å². The minimum absolute atomic E-state index is 0.0218. The normalized spacial score (nSPS) is 25.0. The Balaban J connectivity index is 1.17. The number of carbonyl (C=O) groups excluding carboxylic acids is 2. The second-order valence-corrected chi connectivity index (χ2v) is 11.0. The van der Waals surface area contributed by atoms with Gasteiger partial charge in [-0.15, -0.1) is 0 Å². The summed E-state index contributed by atoms with van der Waals surface area (Å²) in [5, 5.41) is 3.01. The largest absolute Gasteiger partial charge is 0.469 e. The lowest BCUT2D eigenvalue weighted by Gasteiger charge is -2.26. The van der Waals surface area contributed by atoms with Gasteiger partial charge < -0.3 is 24.1 Å². The first-order chi connectivity index (χ1) is 18.6. The van der Waals surface area contributed by atoms with Crippen LogP contribution in [0.25, 0.3) is 0 Å². The molecule has 206 valence electrons. The van der Waals surface area contributed by atoms with Crippen LogP contribution >= 0.6 is 0 Å². The topological polar surface area (TPSA) is 93.9 Å². The number of hydrogen-bond acceptors (Lipinski definition) is 7. The van der Waals surface area contributed by atoms with E-state index in [-0.39, 0.29) is 35.9 Å². The fourth-order valence-corrected chi connectivity index (χ4v) is 6.45. The van der Waals surface area contributed by atoms with E-state index in [9.17, 15) is 9.59 Å². The Kier molecular flexibility index (Phi) is 9.12. The van der Waals surface area contributed by atoms with Crippen LogP contribution in [0.4, 0.5) is 0 Å². The molecule has 8 heteroatoms. The maximum Gasteiger partial charge on any atom is 0.305 e. The van der Waals surface area contributed by atoms with Crippen molar-refractivity contribution in [2.24, 2.45) is 5.92 Å².